The summed E-state index contributed by atoms with van der Waals surface area (Å²) in [5, 5.41) is 2.93. The zero-order valence-corrected chi connectivity index (χ0v) is 11.7. The lowest BCUT2D eigenvalue weighted by molar-refractivity contribution is -0.122. The first-order valence-electron chi connectivity index (χ1n) is 6.39. The van der Waals surface area contributed by atoms with Gasteiger partial charge in [-0.15, -0.1) is 0 Å². The molecular weight excluding hydrogens is 226 g/mol. The predicted octanol–water partition coefficient (Wildman–Crippen LogP) is 3.14. The molecule has 18 heavy (non-hydrogen) atoms. The highest BCUT2D eigenvalue weighted by atomic mass is 16.5. The van der Waals surface area contributed by atoms with Gasteiger partial charge in [0.15, 0.2) is 0 Å². The molecule has 0 heterocycles. The van der Waals surface area contributed by atoms with Crippen molar-refractivity contribution >= 4 is 5.91 Å². The second-order valence-electron chi connectivity index (χ2n) is 5.59. The van der Waals surface area contributed by atoms with Gasteiger partial charge in [0.1, 0.15) is 5.75 Å². The first-order valence-corrected chi connectivity index (χ1v) is 6.39. The van der Waals surface area contributed by atoms with E-state index in [0.717, 1.165) is 11.3 Å². The van der Waals surface area contributed by atoms with Crippen LogP contribution < -0.4 is 10.1 Å². The van der Waals surface area contributed by atoms with E-state index in [1.807, 2.05) is 31.2 Å². The Labute approximate surface area is 110 Å². The van der Waals surface area contributed by atoms with Crippen LogP contribution >= 0.6 is 0 Å². The Morgan fingerprint density at radius 1 is 1.22 bits per heavy atom. The minimum absolute atomic E-state index is 0.0307. The average molecular weight is 249 g/mol. The van der Waals surface area contributed by atoms with Crippen LogP contribution in [0.15, 0.2) is 24.3 Å². The van der Waals surface area contributed by atoms with E-state index in [2.05, 4.69) is 26.1 Å². The van der Waals surface area contributed by atoms with Crippen LogP contribution in [0.3, 0.4) is 0 Å². The number of benzene rings is 1. The summed E-state index contributed by atoms with van der Waals surface area (Å²) >= 11 is 0. The van der Waals surface area contributed by atoms with E-state index in [1.54, 1.807) is 0 Å². The van der Waals surface area contributed by atoms with Gasteiger partial charge in [-0.25, -0.2) is 0 Å². The fourth-order valence-corrected chi connectivity index (χ4v) is 1.62. The van der Waals surface area contributed by atoms with Gasteiger partial charge in [-0.3, -0.25) is 4.79 Å². The quantitative estimate of drug-likeness (QED) is 0.870. The molecule has 0 radical (unpaired) electrons. The molecule has 0 saturated carbocycles. The van der Waals surface area contributed by atoms with Gasteiger partial charge in [-0.2, -0.15) is 0 Å². The van der Waals surface area contributed by atoms with Gasteiger partial charge in [-0.1, -0.05) is 32.9 Å². The number of carbonyl (C=O) groups is 1. The number of carbonyl (C=O) groups excluding carboxylic acids is 1. The van der Waals surface area contributed by atoms with Crippen LogP contribution in [0.2, 0.25) is 0 Å². The number of hydrogen-bond donors (Lipinski definition) is 1. The van der Waals surface area contributed by atoms with Gasteiger partial charge in [0.2, 0.25) is 5.91 Å². The maximum absolute atomic E-state index is 11.7. The summed E-state index contributed by atoms with van der Waals surface area (Å²) < 4.78 is 5.36. The van der Waals surface area contributed by atoms with E-state index in [-0.39, 0.29) is 11.3 Å². The maximum Gasteiger partial charge on any atom is 0.220 e. The Kier molecular flexibility index (Phi) is 5.20. The summed E-state index contributed by atoms with van der Waals surface area (Å²) in [6.45, 7) is 9.37. The molecule has 0 saturated heterocycles. The van der Waals surface area contributed by atoms with Crippen LogP contribution in [-0.4, -0.2) is 12.5 Å². The van der Waals surface area contributed by atoms with Crippen molar-refractivity contribution in [2.24, 2.45) is 5.41 Å². The first-order chi connectivity index (χ1) is 8.40. The molecule has 0 bridgehead atoms. The first kappa shape index (κ1) is 14.6. The third-order valence-corrected chi connectivity index (χ3v) is 2.41. The molecule has 0 unspecified atom stereocenters. The fraction of sp³-hybridized carbons (Fsp3) is 0.533. The molecule has 1 rings (SSSR count). The Morgan fingerprint density at radius 2 is 1.83 bits per heavy atom. The summed E-state index contributed by atoms with van der Waals surface area (Å²) in [6, 6.07) is 7.80. The largest absolute Gasteiger partial charge is 0.494 e. The van der Waals surface area contributed by atoms with Gasteiger partial charge in [0.05, 0.1) is 6.61 Å². The summed E-state index contributed by atoms with van der Waals surface area (Å²) in [6.07, 6.45) is 0.546. The van der Waals surface area contributed by atoms with Gasteiger partial charge >= 0.3 is 0 Å². The molecule has 3 heteroatoms. The highest BCUT2D eigenvalue weighted by Crippen LogP contribution is 2.18. The van der Waals surface area contributed by atoms with Crippen molar-refractivity contribution in [3.63, 3.8) is 0 Å². The molecule has 0 aliphatic rings. The maximum atomic E-state index is 11.7. The van der Waals surface area contributed by atoms with Gasteiger partial charge in [0.25, 0.3) is 0 Å². The van der Waals surface area contributed by atoms with Crippen molar-refractivity contribution in [3.05, 3.63) is 29.8 Å². The van der Waals surface area contributed by atoms with E-state index in [1.165, 1.54) is 0 Å². The molecule has 0 aromatic heterocycles. The molecule has 0 aliphatic heterocycles. The topological polar surface area (TPSA) is 38.3 Å². The Bertz CT molecular complexity index is 376. The van der Waals surface area contributed by atoms with Crippen molar-refractivity contribution < 1.29 is 9.53 Å². The minimum Gasteiger partial charge on any atom is -0.494 e. The molecule has 3 nitrogen and oxygen atoms in total. The minimum atomic E-state index is 0.0307. The molecule has 1 N–H and O–H groups in total. The molecule has 0 spiro atoms. The number of rotatable bonds is 5. The zero-order valence-electron chi connectivity index (χ0n) is 11.7. The molecule has 1 amide bonds. The highest BCUT2D eigenvalue weighted by molar-refractivity contribution is 5.76. The van der Waals surface area contributed by atoms with E-state index in [4.69, 9.17) is 4.74 Å². The van der Waals surface area contributed by atoms with Crippen LogP contribution in [0.5, 0.6) is 5.75 Å². The monoisotopic (exact) mass is 249 g/mol. The summed E-state index contributed by atoms with van der Waals surface area (Å²) in [4.78, 5) is 11.7. The van der Waals surface area contributed by atoms with E-state index >= 15 is 0 Å². The Balaban J connectivity index is 2.41. The van der Waals surface area contributed by atoms with Crippen LogP contribution in [0.1, 0.15) is 39.7 Å². The van der Waals surface area contributed by atoms with E-state index in [0.29, 0.717) is 19.6 Å². The number of nitrogens with one attached hydrogen (secondary N) is 1. The van der Waals surface area contributed by atoms with Crippen molar-refractivity contribution in [1.29, 1.82) is 0 Å². The summed E-state index contributed by atoms with van der Waals surface area (Å²) in [5.74, 6) is 0.957. The van der Waals surface area contributed by atoms with Crippen molar-refractivity contribution in [2.45, 2.75) is 40.7 Å². The Morgan fingerprint density at radius 3 is 2.33 bits per heavy atom. The molecule has 1 aromatic rings. The molecular formula is C15H23NO2. The number of amides is 1. The smallest absolute Gasteiger partial charge is 0.220 e. The zero-order chi connectivity index (χ0) is 13.6. The van der Waals surface area contributed by atoms with Crippen molar-refractivity contribution in [3.8, 4) is 5.75 Å². The molecule has 0 aliphatic carbocycles. The van der Waals surface area contributed by atoms with Gasteiger partial charge < -0.3 is 10.1 Å². The van der Waals surface area contributed by atoms with Crippen LogP contribution in [0.4, 0.5) is 0 Å². The summed E-state index contributed by atoms with van der Waals surface area (Å²) in [7, 11) is 0. The lowest BCUT2D eigenvalue weighted by atomic mass is 9.92. The van der Waals surface area contributed by atoms with Gasteiger partial charge in [0, 0.05) is 13.0 Å². The lowest BCUT2D eigenvalue weighted by Crippen LogP contribution is -2.27. The lowest BCUT2D eigenvalue weighted by Gasteiger charge is -2.17. The van der Waals surface area contributed by atoms with Crippen LogP contribution in [0, 0.1) is 5.41 Å². The van der Waals surface area contributed by atoms with E-state index < -0.39 is 0 Å². The van der Waals surface area contributed by atoms with Crippen molar-refractivity contribution in [1.82, 2.24) is 5.32 Å². The second-order valence-corrected chi connectivity index (χ2v) is 5.59. The standard InChI is InChI=1S/C15H23NO2/c1-5-18-13-8-6-12(7-9-13)11-16-14(17)10-15(2,3)4/h6-9H,5,10-11H2,1-4H3,(H,16,17). The molecule has 0 fully saturated rings. The van der Waals surface area contributed by atoms with Gasteiger partial charge in [-0.05, 0) is 30.0 Å². The summed E-state index contributed by atoms with van der Waals surface area (Å²) in [5.41, 5.74) is 1.11. The van der Waals surface area contributed by atoms with E-state index in [9.17, 15) is 4.79 Å². The highest BCUT2D eigenvalue weighted by Gasteiger charge is 2.15. The normalized spacial score (nSPS) is 11.1. The fourth-order valence-electron chi connectivity index (χ4n) is 1.62. The van der Waals surface area contributed by atoms with Crippen LogP contribution in [0.25, 0.3) is 0 Å². The second kappa shape index (κ2) is 6.43. The SMILES string of the molecule is CCOc1ccc(CNC(=O)CC(C)(C)C)cc1. The molecule has 0 atom stereocenters. The average Bonchev–Trinajstić information content (AvgIpc) is 2.26. The van der Waals surface area contributed by atoms with Crippen molar-refractivity contribution in [2.75, 3.05) is 6.61 Å². The number of hydrogen-bond acceptors (Lipinski definition) is 2. The third kappa shape index (κ3) is 5.71. The number of ether oxygens (including phenoxy) is 1. The third-order valence-electron chi connectivity index (χ3n) is 2.41. The molecule has 100 valence electrons. The van der Waals surface area contributed by atoms with Crippen LogP contribution in [-0.2, 0) is 11.3 Å². The Hall–Kier alpha value is -1.51. The predicted molar refractivity (Wildman–Crippen MR) is 73.5 cm³/mol. The molecule has 1 aromatic carbocycles.